The average Bonchev–Trinajstić information content (AvgIpc) is 2.07. The Kier molecular flexibility index (Phi) is 3.09. The maximum Gasteiger partial charge on any atom is 0.0915 e. The summed E-state index contributed by atoms with van der Waals surface area (Å²) in [4.78, 5) is 8.15. The summed E-state index contributed by atoms with van der Waals surface area (Å²) in [5.74, 6) is 0. The molecule has 1 aromatic heterocycles. The van der Waals surface area contributed by atoms with Gasteiger partial charge in [-0.3, -0.25) is 4.98 Å². The first-order valence-electron chi connectivity index (χ1n) is 3.71. The van der Waals surface area contributed by atoms with Gasteiger partial charge in [0.2, 0.25) is 0 Å². The third-order valence-electron chi connectivity index (χ3n) is 1.71. The maximum absolute atomic E-state index is 4.47. The quantitative estimate of drug-likeness (QED) is 0.513. The molecule has 2 nitrogen and oxygen atoms in total. The molecule has 0 aromatic carbocycles. The second kappa shape index (κ2) is 4.10. The highest BCUT2D eigenvalue weighted by atomic mass is 32.1. The summed E-state index contributed by atoms with van der Waals surface area (Å²) in [5.41, 5.74) is 3.19. The van der Waals surface area contributed by atoms with Gasteiger partial charge in [-0.15, -0.1) is 0 Å². The monoisotopic (exact) mass is 178 g/mol. The van der Waals surface area contributed by atoms with Gasteiger partial charge in [0.05, 0.1) is 17.4 Å². The van der Waals surface area contributed by atoms with E-state index < -0.39 is 0 Å². The Morgan fingerprint density at radius 2 is 2.25 bits per heavy atom. The van der Waals surface area contributed by atoms with Gasteiger partial charge >= 0.3 is 0 Å². The largest absolute Gasteiger partial charge is 0.256 e. The van der Waals surface area contributed by atoms with E-state index in [1.807, 2.05) is 26.0 Å². The molecular formula is C9H10N2S. The Bertz CT molecular complexity index is 327. The van der Waals surface area contributed by atoms with E-state index in [0.29, 0.717) is 6.54 Å². The fraction of sp³-hybridized carbons (Fsp3) is 0.333. The molecule has 0 N–H and O–H groups in total. The number of pyridine rings is 1. The van der Waals surface area contributed by atoms with Crippen molar-refractivity contribution >= 4 is 17.4 Å². The van der Waals surface area contributed by atoms with Crippen molar-refractivity contribution in [3.05, 3.63) is 29.1 Å². The van der Waals surface area contributed by atoms with Crippen molar-refractivity contribution < 1.29 is 0 Å². The van der Waals surface area contributed by atoms with Crippen molar-refractivity contribution in [3.8, 4) is 0 Å². The van der Waals surface area contributed by atoms with Crippen LogP contribution in [0.3, 0.4) is 0 Å². The smallest absolute Gasteiger partial charge is 0.0915 e. The van der Waals surface area contributed by atoms with Crippen molar-refractivity contribution in [1.82, 2.24) is 4.98 Å². The minimum Gasteiger partial charge on any atom is -0.256 e. The van der Waals surface area contributed by atoms with E-state index in [1.165, 1.54) is 5.56 Å². The van der Waals surface area contributed by atoms with Crippen LogP contribution in [0.5, 0.6) is 0 Å². The molecule has 0 radical (unpaired) electrons. The third kappa shape index (κ3) is 2.22. The lowest BCUT2D eigenvalue weighted by Crippen LogP contribution is -1.92. The molecule has 0 spiro atoms. The van der Waals surface area contributed by atoms with Crippen molar-refractivity contribution in [3.63, 3.8) is 0 Å². The molecule has 0 aliphatic heterocycles. The molecule has 62 valence electrons. The van der Waals surface area contributed by atoms with Crippen LogP contribution in [0.1, 0.15) is 17.0 Å². The molecule has 0 amide bonds. The molecule has 0 atom stereocenters. The van der Waals surface area contributed by atoms with Crippen LogP contribution in [-0.2, 0) is 6.54 Å². The highest BCUT2D eigenvalue weighted by Gasteiger charge is 1.95. The predicted octanol–water partition coefficient (Wildman–Crippen LogP) is 2.30. The summed E-state index contributed by atoms with van der Waals surface area (Å²) in [7, 11) is 0. The van der Waals surface area contributed by atoms with Gasteiger partial charge in [0.15, 0.2) is 0 Å². The average molecular weight is 178 g/mol. The van der Waals surface area contributed by atoms with Crippen LogP contribution in [0.15, 0.2) is 17.1 Å². The summed E-state index contributed by atoms with van der Waals surface area (Å²) in [6.45, 7) is 4.55. The maximum atomic E-state index is 4.47. The van der Waals surface area contributed by atoms with Crippen molar-refractivity contribution in [2.24, 2.45) is 4.99 Å². The van der Waals surface area contributed by atoms with E-state index in [2.05, 4.69) is 27.4 Å². The topological polar surface area (TPSA) is 25.2 Å². The molecule has 1 rings (SSSR count). The Hall–Kier alpha value is -1.05. The lowest BCUT2D eigenvalue weighted by atomic mass is 10.2. The fourth-order valence-electron chi connectivity index (χ4n) is 0.884. The number of isothiocyanates is 1. The summed E-state index contributed by atoms with van der Waals surface area (Å²) < 4.78 is 0. The van der Waals surface area contributed by atoms with E-state index in [1.54, 1.807) is 0 Å². The number of thiocarbonyl (C=S) groups is 1. The summed E-state index contributed by atoms with van der Waals surface area (Å²) >= 11 is 4.47. The normalized spacial score (nSPS) is 9.17. The third-order valence-corrected chi connectivity index (χ3v) is 1.84. The lowest BCUT2D eigenvalue weighted by Gasteiger charge is -2.00. The van der Waals surface area contributed by atoms with Crippen LogP contribution in [0.4, 0.5) is 0 Å². The lowest BCUT2D eigenvalue weighted by molar-refractivity contribution is 0.966. The molecule has 1 aromatic rings. The van der Waals surface area contributed by atoms with Crippen LogP contribution in [-0.4, -0.2) is 10.1 Å². The van der Waals surface area contributed by atoms with Gasteiger partial charge in [0.1, 0.15) is 0 Å². The first-order valence-corrected chi connectivity index (χ1v) is 4.11. The number of hydrogen-bond acceptors (Lipinski definition) is 3. The molecule has 12 heavy (non-hydrogen) atoms. The SMILES string of the molecule is Cc1ccc(CN=C=S)nc1C. The molecule has 3 heteroatoms. The number of aryl methyl sites for hydroxylation is 2. The van der Waals surface area contributed by atoms with Crippen LogP contribution < -0.4 is 0 Å². The van der Waals surface area contributed by atoms with Gasteiger partial charge < -0.3 is 0 Å². The minimum absolute atomic E-state index is 0.532. The van der Waals surface area contributed by atoms with Gasteiger partial charge in [-0.2, -0.15) is 0 Å². The minimum atomic E-state index is 0.532. The van der Waals surface area contributed by atoms with E-state index in [9.17, 15) is 0 Å². The van der Waals surface area contributed by atoms with Crippen LogP contribution >= 0.6 is 12.2 Å². The zero-order valence-electron chi connectivity index (χ0n) is 7.16. The molecular weight excluding hydrogens is 168 g/mol. The molecule has 0 saturated heterocycles. The highest BCUT2D eigenvalue weighted by molar-refractivity contribution is 7.78. The number of hydrogen-bond donors (Lipinski definition) is 0. The second-order valence-corrected chi connectivity index (χ2v) is 2.79. The van der Waals surface area contributed by atoms with E-state index in [-0.39, 0.29) is 0 Å². The molecule has 1 heterocycles. The fourth-order valence-corrected chi connectivity index (χ4v) is 0.949. The number of nitrogens with zero attached hydrogens (tertiary/aromatic N) is 2. The summed E-state index contributed by atoms with van der Waals surface area (Å²) in [6.07, 6.45) is 0. The molecule has 0 bridgehead atoms. The molecule has 0 aliphatic carbocycles. The predicted molar refractivity (Wildman–Crippen MR) is 52.4 cm³/mol. The molecule has 0 unspecified atom stereocenters. The van der Waals surface area contributed by atoms with E-state index >= 15 is 0 Å². The first-order chi connectivity index (χ1) is 5.74. The Morgan fingerprint density at radius 3 is 2.83 bits per heavy atom. The Labute approximate surface area is 77.4 Å². The zero-order chi connectivity index (χ0) is 8.97. The number of rotatable bonds is 2. The highest BCUT2D eigenvalue weighted by Crippen LogP contribution is 2.05. The van der Waals surface area contributed by atoms with Crippen LogP contribution in [0, 0.1) is 13.8 Å². The first kappa shape index (κ1) is 9.04. The van der Waals surface area contributed by atoms with Gasteiger partial charge in [-0.1, -0.05) is 6.07 Å². The van der Waals surface area contributed by atoms with E-state index in [0.717, 1.165) is 11.4 Å². The molecule has 0 fully saturated rings. The summed E-state index contributed by atoms with van der Waals surface area (Å²) in [6, 6.07) is 4.00. The van der Waals surface area contributed by atoms with Crippen LogP contribution in [0.2, 0.25) is 0 Å². The van der Waals surface area contributed by atoms with Gasteiger partial charge in [0, 0.05) is 5.69 Å². The van der Waals surface area contributed by atoms with Gasteiger partial charge in [-0.25, -0.2) is 4.99 Å². The van der Waals surface area contributed by atoms with Crippen molar-refractivity contribution in [2.75, 3.05) is 0 Å². The van der Waals surface area contributed by atoms with Gasteiger partial charge in [0.25, 0.3) is 0 Å². The summed E-state index contributed by atoms with van der Waals surface area (Å²) in [5, 5.41) is 2.32. The molecule has 0 saturated carbocycles. The molecule has 0 aliphatic rings. The number of aromatic nitrogens is 1. The number of aliphatic imine (C=N–C) groups is 1. The van der Waals surface area contributed by atoms with Gasteiger partial charge in [-0.05, 0) is 37.7 Å². The van der Waals surface area contributed by atoms with Crippen molar-refractivity contribution in [1.29, 1.82) is 0 Å². The van der Waals surface area contributed by atoms with Crippen molar-refractivity contribution in [2.45, 2.75) is 20.4 Å². The Morgan fingerprint density at radius 1 is 1.50 bits per heavy atom. The standard InChI is InChI=1S/C9H10N2S/c1-7-3-4-9(5-10-6-12)11-8(7)2/h3-4H,5H2,1-2H3. The zero-order valence-corrected chi connectivity index (χ0v) is 7.98. The van der Waals surface area contributed by atoms with Crippen LogP contribution in [0.25, 0.3) is 0 Å². The Balaban J connectivity index is 2.89. The van der Waals surface area contributed by atoms with E-state index in [4.69, 9.17) is 0 Å². The second-order valence-electron chi connectivity index (χ2n) is 2.61.